The number of fused-ring (bicyclic) bond motifs is 1. The topological polar surface area (TPSA) is 114 Å². The second kappa shape index (κ2) is 8.31. The summed E-state index contributed by atoms with van der Waals surface area (Å²) in [4.78, 5) is 38.9. The number of nitrogens with zero attached hydrogens (tertiary/aromatic N) is 4. The van der Waals surface area contributed by atoms with Crippen LogP contribution >= 0.6 is 11.3 Å². The van der Waals surface area contributed by atoms with E-state index in [1.165, 1.54) is 17.4 Å². The van der Waals surface area contributed by atoms with Crippen molar-refractivity contribution in [3.05, 3.63) is 47.0 Å². The molecule has 156 valence electrons. The molecule has 3 aromatic heterocycles. The van der Waals surface area contributed by atoms with Crippen LogP contribution in [0.15, 0.2) is 29.9 Å². The summed E-state index contributed by atoms with van der Waals surface area (Å²) in [5.41, 5.74) is 6.92. The quantitative estimate of drug-likeness (QED) is 0.624. The summed E-state index contributed by atoms with van der Waals surface area (Å²) in [7, 11) is 0. The van der Waals surface area contributed by atoms with Gasteiger partial charge in [-0.3, -0.25) is 14.6 Å². The van der Waals surface area contributed by atoms with Gasteiger partial charge in [-0.25, -0.2) is 14.4 Å². The van der Waals surface area contributed by atoms with Crippen LogP contribution in [0, 0.1) is 11.7 Å². The number of hydrogen-bond acceptors (Lipinski definition) is 7. The Morgan fingerprint density at radius 2 is 2.23 bits per heavy atom. The highest BCUT2D eigenvalue weighted by Gasteiger charge is 2.30. The Balaban J connectivity index is 1.58. The van der Waals surface area contributed by atoms with Gasteiger partial charge in [0.15, 0.2) is 5.69 Å². The molecule has 1 aliphatic rings. The molecule has 0 radical (unpaired) electrons. The van der Waals surface area contributed by atoms with Gasteiger partial charge in [-0.15, -0.1) is 11.3 Å². The van der Waals surface area contributed by atoms with E-state index in [0.717, 1.165) is 12.6 Å². The minimum atomic E-state index is -0.425. The van der Waals surface area contributed by atoms with E-state index in [9.17, 15) is 14.0 Å². The molecule has 0 aromatic carbocycles. The average Bonchev–Trinajstić information content (AvgIpc) is 3.35. The number of nitrogens with one attached hydrogen (secondary N) is 1. The smallest absolute Gasteiger partial charge is 0.274 e. The number of carbonyl (C=O) groups excluding carboxylic acids is 2. The number of hydrogen-bond donors (Lipinski definition) is 2. The maximum atomic E-state index is 13.5. The first-order valence-corrected chi connectivity index (χ1v) is 10.5. The first-order valence-electron chi connectivity index (χ1n) is 9.60. The van der Waals surface area contributed by atoms with Crippen LogP contribution in [0.2, 0.25) is 0 Å². The molecule has 3 N–H and O–H groups in total. The molecule has 4 heterocycles. The number of nitrogens with two attached hydrogens (primary N) is 1. The van der Waals surface area contributed by atoms with Crippen molar-refractivity contribution in [1.82, 2.24) is 19.9 Å². The Morgan fingerprint density at radius 3 is 3.00 bits per heavy atom. The largest absolute Gasteiger partial charge is 0.370 e. The molecular formula is C20H21FN6O2S. The first-order chi connectivity index (χ1) is 14.4. The molecule has 1 fully saturated rings. The van der Waals surface area contributed by atoms with Crippen LogP contribution in [0.3, 0.4) is 0 Å². The molecule has 3 aromatic rings. The molecule has 0 aliphatic carbocycles. The number of amides is 2. The van der Waals surface area contributed by atoms with Gasteiger partial charge in [0.25, 0.3) is 5.91 Å². The molecule has 0 spiro atoms. The number of likely N-dealkylation sites (tertiary alicyclic amines) is 1. The molecular weight excluding hydrogens is 407 g/mol. The highest BCUT2D eigenvalue weighted by Crippen LogP contribution is 2.28. The predicted molar refractivity (Wildman–Crippen MR) is 111 cm³/mol. The van der Waals surface area contributed by atoms with Crippen molar-refractivity contribution < 1.29 is 14.0 Å². The molecule has 8 nitrogen and oxygen atoms in total. The van der Waals surface area contributed by atoms with E-state index in [0.29, 0.717) is 34.6 Å². The van der Waals surface area contributed by atoms with Gasteiger partial charge < -0.3 is 16.0 Å². The molecule has 2 amide bonds. The van der Waals surface area contributed by atoms with E-state index in [4.69, 9.17) is 5.73 Å². The van der Waals surface area contributed by atoms with Crippen LogP contribution in [0.5, 0.6) is 0 Å². The third-order valence-corrected chi connectivity index (χ3v) is 6.05. The molecule has 2 atom stereocenters. The Labute approximate surface area is 176 Å². The van der Waals surface area contributed by atoms with Crippen LogP contribution in [0.4, 0.5) is 10.3 Å². The third kappa shape index (κ3) is 4.23. The number of thiophene rings is 1. The normalized spacial score (nSPS) is 17.3. The predicted octanol–water partition coefficient (Wildman–Crippen LogP) is 2.74. The van der Waals surface area contributed by atoms with Gasteiger partial charge in [0.2, 0.25) is 11.9 Å². The SMILES string of the molecule is C[C@H](Nc1nc(C(=O)N2CC[C@@H](CC(N)=O)C2)c2sccc2n1)c1cncc(F)c1. The summed E-state index contributed by atoms with van der Waals surface area (Å²) in [6.07, 6.45) is 3.72. The number of pyridine rings is 1. The summed E-state index contributed by atoms with van der Waals surface area (Å²) in [6.45, 7) is 2.88. The Bertz CT molecular complexity index is 1100. The molecule has 10 heteroatoms. The van der Waals surface area contributed by atoms with Gasteiger partial charge in [0, 0.05) is 25.7 Å². The second-order valence-corrected chi connectivity index (χ2v) is 8.33. The van der Waals surface area contributed by atoms with Crippen LogP contribution < -0.4 is 11.1 Å². The van der Waals surface area contributed by atoms with Crippen LogP contribution in [-0.4, -0.2) is 44.8 Å². The minimum Gasteiger partial charge on any atom is -0.370 e. The second-order valence-electron chi connectivity index (χ2n) is 7.41. The number of halogens is 1. The van der Waals surface area contributed by atoms with Crippen molar-refractivity contribution in [3.63, 3.8) is 0 Å². The number of rotatable bonds is 6. The summed E-state index contributed by atoms with van der Waals surface area (Å²) in [5.74, 6) is -0.617. The Morgan fingerprint density at radius 1 is 1.40 bits per heavy atom. The van der Waals surface area contributed by atoms with E-state index in [2.05, 4.69) is 20.3 Å². The highest BCUT2D eigenvalue weighted by molar-refractivity contribution is 7.17. The lowest BCUT2D eigenvalue weighted by atomic mass is 10.1. The van der Waals surface area contributed by atoms with E-state index >= 15 is 0 Å². The lowest BCUT2D eigenvalue weighted by Gasteiger charge is -2.18. The first kappa shape index (κ1) is 20.1. The zero-order chi connectivity index (χ0) is 21.3. The summed E-state index contributed by atoms with van der Waals surface area (Å²) >= 11 is 1.40. The van der Waals surface area contributed by atoms with Crippen LogP contribution in [0.1, 0.15) is 41.9 Å². The zero-order valence-electron chi connectivity index (χ0n) is 16.3. The monoisotopic (exact) mass is 428 g/mol. The summed E-state index contributed by atoms with van der Waals surface area (Å²) in [5, 5.41) is 4.99. The third-order valence-electron chi connectivity index (χ3n) is 5.14. The lowest BCUT2D eigenvalue weighted by Crippen LogP contribution is -2.30. The van der Waals surface area contributed by atoms with Crippen molar-refractivity contribution in [2.45, 2.75) is 25.8 Å². The minimum absolute atomic E-state index is 0.0743. The van der Waals surface area contributed by atoms with Crippen LogP contribution in [-0.2, 0) is 4.79 Å². The number of aromatic nitrogens is 3. The van der Waals surface area contributed by atoms with Gasteiger partial charge in [0.1, 0.15) is 5.82 Å². The van der Waals surface area contributed by atoms with Gasteiger partial charge in [-0.05, 0) is 42.3 Å². The standard InChI is InChI=1S/C20H21FN6O2S/c1-11(13-7-14(21)9-23-8-13)24-20-25-15-3-5-30-18(15)17(26-20)19(29)27-4-2-12(10-27)6-16(22)28/h3,5,7-9,11-12H,2,4,6,10H2,1H3,(H2,22,28)(H,24,25,26)/t11-,12-/m0/s1. The Kier molecular flexibility index (Phi) is 5.58. The van der Waals surface area contributed by atoms with Gasteiger partial charge in [0.05, 0.1) is 22.5 Å². The van der Waals surface area contributed by atoms with E-state index < -0.39 is 5.82 Å². The molecule has 0 bridgehead atoms. The number of anilines is 1. The maximum Gasteiger partial charge on any atom is 0.274 e. The maximum absolute atomic E-state index is 13.5. The molecule has 0 unspecified atom stereocenters. The number of carbonyl (C=O) groups is 2. The fraction of sp³-hybridized carbons (Fsp3) is 0.350. The van der Waals surface area contributed by atoms with Crippen molar-refractivity contribution in [1.29, 1.82) is 0 Å². The fourth-order valence-electron chi connectivity index (χ4n) is 3.63. The summed E-state index contributed by atoms with van der Waals surface area (Å²) < 4.78 is 14.2. The average molecular weight is 428 g/mol. The van der Waals surface area contributed by atoms with Crippen LogP contribution in [0.25, 0.3) is 10.2 Å². The highest BCUT2D eigenvalue weighted by atomic mass is 32.1. The Hall–Kier alpha value is -3.14. The van der Waals surface area contributed by atoms with E-state index in [1.54, 1.807) is 11.1 Å². The molecule has 1 aliphatic heterocycles. The van der Waals surface area contributed by atoms with Crippen molar-refractivity contribution in [2.75, 3.05) is 18.4 Å². The van der Waals surface area contributed by atoms with Gasteiger partial charge >= 0.3 is 0 Å². The molecule has 1 saturated heterocycles. The van der Waals surface area contributed by atoms with Gasteiger partial charge in [-0.1, -0.05) is 0 Å². The van der Waals surface area contributed by atoms with Crippen molar-refractivity contribution >= 4 is 39.3 Å². The van der Waals surface area contributed by atoms with E-state index in [-0.39, 0.29) is 36.1 Å². The lowest BCUT2D eigenvalue weighted by molar-refractivity contribution is -0.118. The summed E-state index contributed by atoms with van der Waals surface area (Å²) in [6, 6.07) is 2.92. The van der Waals surface area contributed by atoms with E-state index in [1.807, 2.05) is 18.4 Å². The van der Waals surface area contributed by atoms with Gasteiger partial charge in [-0.2, -0.15) is 0 Å². The van der Waals surface area contributed by atoms with Crippen molar-refractivity contribution in [3.8, 4) is 0 Å². The van der Waals surface area contributed by atoms with Crippen molar-refractivity contribution in [2.24, 2.45) is 11.7 Å². The zero-order valence-corrected chi connectivity index (χ0v) is 17.2. The molecule has 0 saturated carbocycles. The molecule has 4 rings (SSSR count). The fourth-order valence-corrected chi connectivity index (χ4v) is 4.45. The molecule has 30 heavy (non-hydrogen) atoms. The number of primary amides is 1.